The Morgan fingerprint density at radius 3 is 2.40 bits per heavy atom. The molecule has 2 aliphatic rings. The van der Waals surface area contributed by atoms with Gasteiger partial charge in [-0.05, 0) is 99.7 Å². The third kappa shape index (κ3) is 6.18. The van der Waals surface area contributed by atoms with Gasteiger partial charge in [-0.2, -0.15) is 4.98 Å². The molecule has 5 rings (SSSR count). The van der Waals surface area contributed by atoms with Crippen molar-refractivity contribution in [1.29, 1.82) is 0 Å². The molecular weight excluding hydrogens is 520 g/mol. The highest BCUT2D eigenvalue weighted by Crippen LogP contribution is 2.49. The predicted molar refractivity (Wildman–Crippen MR) is 160 cm³/mol. The van der Waals surface area contributed by atoms with Gasteiger partial charge in [-0.15, -0.1) is 0 Å². The van der Waals surface area contributed by atoms with Crippen LogP contribution in [0.3, 0.4) is 0 Å². The van der Waals surface area contributed by atoms with Crippen LogP contribution in [0, 0.1) is 37.5 Å². The van der Waals surface area contributed by atoms with Crippen molar-refractivity contribution in [2.24, 2.45) is 23.7 Å². The second-order valence-corrected chi connectivity index (χ2v) is 14.1. The van der Waals surface area contributed by atoms with E-state index in [9.17, 15) is 8.42 Å². The summed E-state index contributed by atoms with van der Waals surface area (Å²) in [5, 5.41) is 0. The number of hydrogen-bond donors (Lipinski definition) is 1. The van der Waals surface area contributed by atoms with Crippen molar-refractivity contribution < 1.29 is 13.2 Å². The van der Waals surface area contributed by atoms with E-state index in [0.717, 1.165) is 48.1 Å². The number of sulfonamides is 1. The topological polar surface area (TPSA) is 84.4 Å². The van der Waals surface area contributed by atoms with Crippen LogP contribution < -0.4 is 9.46 Å². The maximum atomic E-state index is 13.6. The average Bonchev–Trinajstić information content (AvgIpc) is 2.84. The molecule has 214 valence electrons. The molecule has 1 unspecified atom stereocenters. The monoisotopic (exact) mass is 562 g/mol. The lowest BCUT2D eigenvalue weighted by Crippen LogP contribution is -2.39. The van der Waals surface area contributed by atoms with Gasteiger partial charge in [0.2, 0.25) is 11.8 Å². The zero-order valence-electron chi connectivity index (χ0n) is 24.5. The number of aromatic nitrogens is 2. The fourth-order valence-corrected chi connectivity index (χ4v) is 7.75. The SMILES string of the molecule is Cc1cccc(C)c1-c1cc2nc(n1)NS(=O)(=O)c1cccc(c1)C([C@H]1C[C@@H](CN(C)C)C1)[C@H](CC(C)C)CO2. The Labute approximate surface area is 239 Å². The number of nitrogens with zero attached hydrogens (tertiary/aromatic N) is 3. The number of benzene rings is 2. The van der Waals surface area contributed by atoms with Gasteiger partial charge in [-0.3, -0.25) is 0 Å². The fraction of sp³-hybridized carbons (Fsp3) is 0.500. The Kier molecular flexibility index (Phi) is 8.20. The van der Waals surface area contributed by atoms with Crippen LogP contribution in [0.15, 0.2) is 53.4 Å². The summed E-state index contributed by atoms with van der Waals surface area (Å²) in [7, 11) is 0.347. The number of ether oxygens (including phenoxy) is 1. The minimum absolute atomic E-state index is 0.0172. The molecule has 1 fully saturated rings. The van der Waals surface area contributed by atoms with Crippen LogP contribution in [0.25, 0.3) is 11.3 Å². The van der Waals surface area contributed by atoms with Crippen LogP contribution in [0.5, 0.6) is 5.88 Å². The van der Waals surface area contributed by atoms with E-state index >= 15 is 0 Å². The number of hydrogen-bond acceptors (Lipinski definition) is 6. The molecule has 1 aliphatic carbocycles. The molecule has 1 N–H and O–H groups in total. The van der Waals surface area contributed by atoms with Gasteiger partial charge < -0.3 is 9.64 Å². The van der Waals surface area contributed by atoms with E-state index in [-0.39, 0.29) is 22.7 Å². The molecule has 0 radical (unpaired) electrons. The van der Waals surface area contributed by atoms with Gasteiger partial charge in [-0.25, -0.2) is 18.1 Å². The quantitative estimate of drug-likeness (QED) is 0.380. The van der Waals surface area contributed by atoms with Crippen molar-refractivity contribution in [3.8, 4) is 17.1 Å². The molecular formula is C32H42N4O3S. The molecule has 2 aromatic carbocycles. The predicted octanol–water partition coefficient (Wildman–Crippen LogP) is 6.29. The van der Waals surface area contributed by atoms with Gasteiger partial charge in [0.05, 0.1) is 17.2 Å². The first-order valence-electron chi connectivity index (χ1n) is 14.4. The van der Waals surface area contributed by atoms with Crippen molar-refractivity contribution in [2.45, 2.75) is 57.8 Å². The van der Waals surface area contributed by atoms with Gasteiger partial charge >= 0.3 is 0 Å². The number of rotatable bonds is 6. The highest BCUT2D eigenvalue weighted by molar-refractivity contribution is 7.92. The Hall–Kier alpha value is -2.97. The van der Waals surface area contributed by atoms with E-state index in [1.165, 1.54) is 0 Å². The second-order valence-electron chi connectivity index (χ2n) is 12.4. The van der Waals surface area contributed by atoms with Gasteiger partial charge in [0.15, 0.2) is 0 Å². The van der Waals surface area contributed by atoms with Crippen molar-refractivity contribution in [1.82, 2.24) is 14.9 Å². The Balaban J connectivity index is 1.60. The third-order valence-corrected chi connectivity index (χ3v) is 9.68. The smallest absolute Gasteiger partial charge is 0.264 e. The first kappa shape index (κ1) is 28.6. The minimum atomic E-state index is -3.91. The van der Waals surface area contributed by atoms with Crippen molar-refractivity contribution in [3.05, 3.63) is 65.2 Å². The molecule has 0 saturated heterocycles. The zero-order valence-corrected chi connectivity index (χ0v) is 25.3. The molecule has 3 aromatic rings. The number of fused-ring (bicyclic) bond motifs is 4. The Bertz CT molecular complexity index is 1440. The highest BCUT2D eigenvalue weighted by atomic mass is 32.2. The molecule has 1 aliphatic heterocycles. The van der Waals surface area contributed by atoms with Crippen LogP contribution in [-0.2, 0) is 10.0 Å². The van der Waals surface area contributed by atoms with E-state index in [4.69, 9.17) is 4.74 Å². The van der Waals surface area contributed by atoms with Crippen LogP contribution >= 0.6 is 0 Å². The fourth-order valence-electron chi connectivity index (χ4n) is 6.75. The normalized spacial score (nSPS) is 23.9. The largest absolute Gasteiger partial charge is 0.477 e. The Morgan fingerprint density at radius 1 is 1.02 bits per heavy atom. The lowest BCUT2D eigenvalue weighted by atomic mass is 9.62. The number of anilines is 1. The molecule has 0 amide bonds. The summed E-state index contributed by atoms with van der Waals surface area (Å²) in [5.74, 6) is 2.45. The molecule has 40 heavy (non-hydrogen) atoms. The first-order chi connectivity index (χ1) is 19.0. The molecule has 4 bridgehead atoms. The van der Waals surface area contributed by atoms with Crippen molar-refractivity contribution in [3.63, 3.8) is 0 Å². The minimum Gasteiger partial charge on any atom is -0.477 e. The third-order valence-electron chi connectivity index (χ3n) is 8.35. The summed E-state index contributed by atoms with van der Waals surface area (Å²) in [6.07, 6.45) is 3.26. The maximum Gasteiger partial charge on any atom is 0.264 e. The van der Waals surface area contributed by atoms with E-state index in [1.54, 1.807) is 6.07 Å². The van der Waals surface area contributed by atoms with Crippen molar-refractivity contribution in [2.75, 3.05) is 32.0 Å². The van der Waals surface area contributed by atoms with E-state index in [0.29, 0.717) is 35.9 Å². The summed E-state index contributed by atoms with van der Waals surface area (Å²) in [4.78, 5) is 11.7. The number of aryl methyl sites for hydroxylation is 2. The second kappa shape index (κ2) is 11.5. The van der Waals surface area contributed by atoms with E-state index in [1.807, 2.05) is 50.2 Å². The maximum absolute atomic E-state index is 13.6. The summed E-state index contributed by atoms with van der Waals surface area (Å²) < 4.78 is 36.4. The summed E-state index contributed by atoms with van der Waals surface area (Å²) >= 11 is 0. The number of nitrogens with one attached hydrogen (secondary N) is 1. The summed E-state index contributed by atoms with van der Waals surface area (Å²) in [6.45, 7) is 10.1. The van der Waals surface area contributed by atoms with Crippen LogP contribution in [0.2, 0.25) is 0 Å². The molecule has 2 atom stereocenters. The van der Waals surface area contributed by atoms with Gasteiger partial charge in [0.1, 0.15) is 0 Å². The molecule has 8 heteroatoms. The average molecular weight is 563 g/mol. The van der Waals surface area contributed by atoms with Crippen LogP contribution in [0.4, 0.5) is 5.95 Å². The summed E-state index contributed by atoms with van der Waals surface area (Å²) in [6, 6.07) is 15.4. The standard InChI is InChI=1S/C32H42N4O3S/c1-20(2)13-26-19-39-29-17-28(30-21(3)9-7-10-22(30)4)33-32(34-29)35-40(37,38)27-12-8-11-24(16-27)31(26)25-14-23(15-25)18-36(5)6/h7-12,16-17,20,23,25-26,31H,13-15,18-19H2,1-6H3,(H,33,34,35)/t23-,25+,26-,31?/m1/s1. The first-order valence-corrected chi connectivity index (χ1v) is 15.8. The lowest BCUT2D eigenvalue weighted by Gasteiger charge is -2.45. The molecule has 0 spiro atoms. The lowest BCUT2D eigenvalue weighted by molar-refractivity contribution is 0.0797. The van der Waals surface area contributed by atoms with Gasteiger partial charge in [-0.1, -0.05) is 44.2 Å². The molecule has 1 aromatic heterocycles. The van der Waals surface area contributed by atoms with Crippen LogP contribution in [-0.4, -0.2) is 50.5 Å². The highest BCUT2D eigenvalue weighted by Gasteiger charge is 2.40. The van der Waals surface area contributed by atoms with E-state index in [2.05, 4.69) is 53.6 Å². The molecule has 1 saturated carbocycles. The molecule has 2 heterocycles. The van der Waals surface area contributed by atoms with Crippen molar-refractivity contribution >= 4 is 16.0 Å². The van der Waals surface area contributed by atoms with E-state index < -0.39 is 10.0 Å². The summed E-state index contributed by atoms with van der Waals surface area (Å²) in [5.41, 5.74) is 4.80. The zero-order chi connectivity index (χ0) is 28.6. The molecule has 7 nitrogen and oxygen atoms in total. The van der Waals surface area contributed by atoms with Gasteiger partial charge in [0.25, 0.3) is 10.0 Å². The van der Waals surface area contributed by atoms with Gasteiger partial charge in [0, 0.05) is 24.1 Å². The van der Waals surface area contributed by atoms with Crippen LogP contribution in [0.1, 0.15) is 55.7 Å². The Morgan fingerprint density at radius 2 is 1.73 bits per heavy atom.